The summed E-state index contributed by atoms with van der Waals surface area (Å²) in [6, 6.07) is 0. The zero-order valence-corrected chi connectivity index (χ0v) is 18.5. The molecular formula is C21H38N4O2S. The molecule has 0 saturated heterocycles. The molecule has 1 aromatic heterocycles. The summed E-state index contributed by atoms with van der Waals surface area (Å²) in [5.41, 5.74) is 1.36. The summed E-state index contributed by atoms with van der Waals surface area (Å²) in [6.45, 7) is 9.49. The van der Waals surface area contributed by atoms with Gasteiger partial charge >= 0.3 is 0 Å². The van der Waals surface area contributed by atoms with Crippen molar-refractivity contribution in [3.63, 3.8) is 0 Å². The smallest absolute Gasteiger partial charge is 0.191 e. The molecule has 1 heterocycles. The van der Waals surface area contributed by atoms with Crippen molar-refractivity contribution in [1.82, 2.24) is 15.6 Å². The molecule has 0 atom stereocenters. The fourth-order valence-electron chi connectivity index (χ4n) is 3.09. The van der Waals surface area contributed by atoms with Gasteiger partial charge in [-0.25, -0.2) is 4.98 Å². The van der Waals surface area contributed by atoms with Gasteiger partial charge in [-0.05, 0) is 45.4 Å². The number of fused-ring (bicyclic) bond motifs is 1. The van der Waals surface area contributed by atoms with Gasteiger partial charge in [-0.1, -0.05) is 13.3 Å². The number of aliphatic imine (C=N–C) groups is 1. The average Bonchev–Trinajstić information content (AvgIpc) is 3.12. The fourth-order valence-corrected chi connectivity index (χ4v) is 4.28. The van der Waals surface area contributed by atoms with Crippen LogP contribution in [0.2, 0.25) is 0 Å². The van der Waals surface area contributed by atoms with Crippen LogP contribution in [0.1, 0.15) is 61.5 Å². The van der Waals surface area contributed by atoms with Crippen LogP contribution in [0.15, 0.2) is 4.99 Å². The maximum Gasteiger partial charge on any atom is 0.191 e. The molecule has 1 aliphatic rings. The Morgan fingerprint density at radius 1 is 1.04 bits per heavy atom. The van der Waals surface area contributed by atoms with E-state index in [1.165, 1.54) is 47.7 Å². The summed E-state index contributed by atoms with van der Waals surface area (Å²) in [5.74, 6) is 0.865. The summed E-state index contributed by atoms with van der Waals surface area (Å²) in [7, 11) is 0. The van der Waals surface area contributed by atoms with Crippen LogP contribution in [-0.2, 0) is 28.7 Å². The van der Waals surface area contributed by atoms with Gasteiger partial charge in [-0.2, -0.15) is 0 Å². The molecule has 0 spiro atoms. The lowest BCUT2D eigenvalue weighted by Crippen LogP contribution is -2.39. The number of thiazole rings is 1. The minimum absolute atomic E-state index is 0.650. The number of hydrogen-bond donors (Lipinski definition) is 2. The van der Waals surface area contributed by atoms with E-state index >= 15 is 0 Å². The van der Waals surface area contributed by atoms with Crippen LogP contribution in [0, 0.1) is 0 Å². The quantitative estimate of drug-likeness (QED) is 0.280. The van der Waals surface area contributed by atoms with Crippen molar-refractivity contribution in [1.29, 1.82) is 0 Å². The number of nitrogens with one attached hydrogen (secondary N) is 2. The standard InChI is InChI=1S/C21H38N4O2S/c1-3-5-14-26-16-17-27-15-13-24-21(22-4-2)23-12-8-11-20-25-18-9-6-7-10-19(18)28-20/h3-17H2,1-2H3,(H2,22,23,24). The first-order valence-corrected chi connectivity index (χ1v) is 11.8. The van der Waals surface area contributed by atoms with Gasteiger partial charge in [-0.15, -0.1) is 11.3 Å². The molecule has 0 amide bonds. The average molecular weight is 411 g/mol. The molecule has 0 saturated carbocycles. The van der Waals surface area contributed by atoms with Crippen molar-refractivity contribution >= 4 is 17.3 Å². The van der Waals surface area contributed by atoms with Crippen LogP contribution in [0.4, 0.5) is 0 Å². The molecular weight excluding hydrogens is 372 g/mol. The lowest BCUT2D eigenvalue weighted by molar-refractivity contribution is 0.0487. The molecule has 6 nitrogen and oxygen atoms in total. The Morgan fingerprint density at radius 2 is 1.86 bits per heavy atom. The molecule has 2 N–H and O–H groups in total. The predicted molar refractivity (Wildman–Crippen MR) is 118 cm³/mol. The Hall–Kier alpha value is -1.18. The van der Waals surface area contributed by atoms with Crippen molar-refractivity contribution in [3.8, 4) is 0 Å². The number of aryl methyl sites for hydroxylation is 3. The van der Waals surface area contributed by atoms with E-state index in [1.54, 1.807) is 0 Å². The molecule has 0 radical (unpaired) electrons. The van der Waals surface area contributed by atoms with E-state index < -0.39 is 0 Å². The van der Waals surface area contributed by atoms with E-state index in [4.69, 9.17) is 14.5 Å². The van der Waals surface area contributed by atoms with E-state index in [0.717, 1.165) is 51.5 Å². The Morgan fingerprint density at radius 3 is 2.64 bits per heavy atom. The molecule has 0 aromatic carbocycles. The summed E-state index contributed by atoms with van der Waals surface area (Å²) in [5, 5.41) is 7.91. The van der Waals surface area contributed by atoms with Crippen LogP contribution in [0.5, 0.6) is 0 Å². The Bertz CT molecular complexity index is 539. The van der Waals surface area contributed by atoms with E-state index in [0.29, 0.717) is 19.8 Å². The van der Waals surface area contributed by atoms with Gasteiger partial charge in [0.15, 0.2) is 5.96 Å². The van der Waals surface area contributed by atoms with Crippen molar-refractivity contribution in [2.24, 2.45) is 4.99 Å². The molecule has 0 fully saturated rings. The first kappa shape index (κ1) is 23.1. The van der Waals surface area contributed by atoms with E-state index in [9.17, 15) is 0 Å². The largest absolute Gasteiger partial charge is 0.379 e. The summed E-state index contributed by atoms with van der Waals surface area (Å²) in [4.78, 5) is 11.0. The first-order chi connectivity index (χ1) is 13.8. The monoisotopic (exact) mass is 410 g/mol. The highest BCUT2D eigenvalue weighted by molar-refractivity contribution is 7.11. The first-order valence-electron chi connectivity index (χ1n) is 11.0. The third kappa shape index (κ3) is 9.34. The Balaban J connectivity index is 1.56. The summed E-state index contributed by atoms with van der Waals surface area (Å²) in [6.07, 6.45) is 9.38. The molecule has 2 rings (SSSR count). The number of guanidine groups is 1. The highest BCUT2D eigenvalue weighted by atomic mass is 32.1. The maximum atomic E-state index is 5.59. The van der Waals surface area contributed by atoms with Crippen LogP contribution in [0.25, 0.3) is 0 Å². The summed E-state index contributed by atoms with van der Waals surface area (Å²) >= 11 is 1.91. The molecule has 7 heteroatoms. The molecule has 28 heavy (non-hydrogen) atoms. The van der Waals surface area contributed by atoms with Crippen molar-refractivity contribution in [2.75, 3.05) is 46.1 Å². The zero-order valence-electron chi connectivity index (χ0n) is 17.7. The number of rotatable bonds is 14. The lowest BCUT2D eigenvalue weighted by Gasteiger charge is -2.11. The van der Waals surface area contributed by atoms with Crippen LogP contribution >= 0.6 is 11.3 Å². The molecule has 0 bridgehead atoms. The van der Waals surface area contributed by atoms with E-state index in [2.05, 4.69) is 29.5 Å². The van der Waals surface area contributed by atoms with Crippen LogP contribution in [-0.4, -0.2) is 57.0 Å². The second kappa shape index (κ2) is 14.8. The third-order valence-corrected chi connectivity index (χ3v) is 5.82. The highest BCUT2D eigenvalue weighted by Crippen LogP contribution is 2.27. The van der Waals surface area contributed by atoms with Crippen LogP contribution in [0.3, 0.4) is 0 Å². The topological polar surface area (TPSA) is 67.8 Å². The lowest BCUT2D eigenvalue weighted by atomic mass is 10.0. The molecule has 1 aliphatic carbocycles. The minimum atomic E-state index is 0.650. The number of aromatic nitrogens is 1. The van der Waals surface area contributed by atoms with Crippen LogP contribution < -0.4 is 10.6 Å². The van der Waals surface area contributed by atoms with Gasteiger partial charge in [0.25, 0.3) is 0 Å². The third-order valence-electron chi connectivity index (χ3n) is 4.61. The van der Waals surface area contributed by atoms with Gasteiger partial charge < -0.3 is 20.1 Å². The number of hydrogen-bond acceptors (Lipinski definition) is 5. The second-order valence-corrected chi connectivity index (χ2v) is 8.22. The Labute approximate surface area is 174 Å². The number of unbranched alkanes of at least 4 members (excludes halogenated alkanes) is 1. The normalized spacial score (nSPS) is 14.1. The molecule has 0 aliphatic heterocycles. The fraction of sp³-hybridized carbons (Fsp3) is 0.810. The van der Waals surface area contributed by atoms with Crippen molar-refractivity contribution in [3.05, 3.63) is 15.6 Å². The Kier molecular flexibility index (Phi) is 12.2. The number of nitrogens with zero attached hydrogens (tertiary/aromatic N) is 2. The van der Waals surface area contributed by atoms with Gasteiger partial charge in [0, 0.05) is 37.5 Å². The minimum Gasteiger partial charge on any atom is -0.379 e. The van der Waals surface area contributed by atoms with E-state index in [1.807, 2.05) is 11.3 Å². The second-order valence-electron chi connectivity index (χ2n) is 7.05. The predicted octanol–water partition coefficient (Wildman–Crippen LogP) is 3.34. The molecule has 160 valence electrons. The number of ether oxygens (including phenoxy) is 2. The van der Waals surface area contributed by atoms with Gasteiger partial charge in [0.2, 0.25) is 0 Å². The summed E-state index contributed by atoms with van der Waals surface area (Å²) < 4.78 is 11.1. The highest BCUT2D eigenvalue weighted by Gasteiger charge is 2.14. The maximum absolute atomic E-state index is 5.59. The van der Waals surface area contributed by atoms with Gasteiger partial charge in [-0.3, -0.25) is 4.99 Å². The van der Waals surface area contributed by atoms with Gasteiger partial charge in [0.1, 0.15) is 0 Å². The zero-order chi connectivity index (χ0) is 19.9. The van der Waals surface area contributed by atoms with Gasteiger partial charge in [0.05, 0.1) is 30.5 Å². The van der Waals surface area contributed by atoms with Crippen molar-refractivity contribution < 1.29 is 9.47 Å². The SMILES string of the molecule is CCCCOCCOCCNC(=NCCCc1nc2c(s1)CCCC2)NCC. The van der Waals surface area contributed by atoms with E-state index in [-0.39, 0.29) is 0 Å². The van der Waals surface area contributed by atoms with Crippen molar-refractivity contribution in [2.45, 2.75) is 65.2 Å². The molecule has 0 unspecified atom stereocenters. The molecule has 1 aromatic rings.